The number of ether oxygens (including phenoxy) is 1. The van der Waals surface area contributed by atoms with Gasteiger partial charge in [-0.05, 0) is 18.4 Å². The minimum atomic E-state index is -0.811. The molecule has 1 amide bonds. The van der Waals surface area contributed by atoms with Gasteiger partial charge in [0.15, 0.2) is 0 Å². The topological polar surface area (TPSA) is 55.4 Å². The van der Waals surface area contributed by atoms with Gasteiger partial charge in [-0.1, -0.05) is 49.6 Å². The summed E-state index contributed by atoms with van der Waals surface area (Å²) in [6, 6.07) is 9.55. The summed E-state index contributed by atoms with van der Waals surface area (Å²) < 4.78 is 5.36. The highest BCUT2D eigenvalue weighted by atomic mass is 16.5. The van der Waals surface area contributed by atoms with Gasteiger partial charge in [0.1, 0.15) is 12.1 Å². The zero-order chi connectivity index (χ0) is 13.6. The molecule has 0 spiro atoms. The monoisotopic (exact) mass is 261 g/mol. The van der Waals surface area contributed by atoms with Gasteiger partial charge in [-0.15, -0.1) is 0 Å². The predicted octanol–water partition coefficient (Wildman–Crippen LogP) is 2.18. The summed E-state index contributed by atoms with van der Waals surface area (Å²) >= 11 is 0. The van der Waals surface area contributed by atoms with Gasteiger partial charge in [-0.25, -0.2) is 4.79 Å². The summed E-state index contributed by atoms with van der Waals surface area (Å²) in [5.74, 6) is -0.317. The minimum absolute atomic E-state index is 0.252. The molecule has 4 nitrogen and oxygen atoms in total. The van der Waals surface area contributed by atoms with E-state index in [-0.39, 0.29) is 12.6 Å². The highest BCUT2D eigenvalue weighted by Gasteiger charge is 2.40. The molecular formula is C15H19NO3. The Balaban J connectivity index is 1.97. The van der Waals surface area contributed by atoms with E-state index in [2.05, 4.69) is 5.32 Å². The van der Waals surface area contributed by atoms with Gasteiger partial charge < -0.3 is 10.1 Å². The van der Waals surface area contributed by atoms with Crippen molar-refractivity contribution >= 4 is 12.4 Å². The van der Waals surface area contributed by atoms with Gasteiger partial charge >= 0.3 is 5.97 Å². The molecular weight excluding hydrogens is 242 g/mol. The van der Waals surface area contributed by atoms with Crippen LogP contribution in [-0.2, 0) is 20.9 Å². The molecule has 4 heteroatoms. The first kappa shape index (κ1) is 13.6. The van der Waals surface area contributed by atoms with Gasteiger partial charge in [0.25, 0.3) is 0 Å². The molecule has 0 unspecified atom stereocenters. The molecule has 0 bridgehead atoms. The van der Waals surface area contributed by atoms with Crippen molar-refractivity contribution in [2.75, 3.05) is 0 Å². The number of rotatable bonds is 5. The van der Waals surface area contributed by atoms with Crippen LogP contribution in [0, 0.1) is 0 Å². The van der Waals surface area contributed by atoms with Gasteiger partial charge in [0.2, 0.25) is 6.41 Å². The van der Waals surface area contributed by atoms with Gasteiger partial charge in [-0.2, -0.15) is 0 Å². The zero-order valence-corrected chi connectivity index (χ0v) is 10.9. The number of amides is 1. The van der Waals surface area contributed by atoms with E-state index < -0.39 is 5.54 Å². The van der Waals surface area contributed by atoms with E-state index in [1.54, 1.807) is 0 Å². The van der Waals surface area contributed by atoms with Crippen molar-refractivity contribution in [1.29, 1.82) is 0 Å². The van der Waals surface area contributed by atoms with Crippen molar-refractivity contribution < 1.29 is 14.3 Å². The number of benzene rings is 1. The lowest BCUT2D eigenvalue weighted by molar-refractivity contribution is -0.155. The first-order valence-corrected chi connectivity index (χ1v) is 6.69. The zero-order valence-electron chi connectivity index (χ0n) is 10.9. The Bertz CT molecular complexity index is 424. The molecule has 1 aromatic carbocycles. The van der Waals surface area contributed by atoms with E-state index in [1.165, 1.54) is 0 Å². The van der Waals surface area contributed by atoms with Crippen molar-refractivity contribution in [1.82, 2.24) is 5.32 Å². The summed E-state index contributed by atoms with van der Waals surface area (Å²) in [6.07, 6.45) is 4.94. The van der Waals surface area contributed by atoms with Crippen molar-refractivity contribution in [2.24, 2.45) is 0 Å². The fourth-order valence-electron chi connectivity index (χ4n) is 2.54. The molecule has 19 heavy (non-hydrogen) atoms. The maximum Gasteiger partial charge on any atom is 0.332 e. The average molecular weight is 261 g/mol. The smallest absolute Gasteiger partial charge is 0.332 e. The molecule has 1 fully saturated rings. The summed E-state index contributed by atoms with van der Waals surface area (Å²) in [7, 11) is 0. The second-order valence-electron chi connectivity index (χ2n) is 4.97. The van der Waals surface area contributed by atoms with Crippen LogP contribution in [0.3, 0.4) is 0 Å². The molecule has 1 aliphatic carbocycles. The van der Waals surface area contributed by atoms with Crippen molar-refractivity contribution in [3.8, 4) is 0 Å². The average Bonchev–Trinajstić information content (AvgIpc) is 2.47. The maximum atomic E-state index is 12.2. The quantitative estimate of drug-likeness (QED) is 0.653. The van der Waals surface area contributed by atoms with Crippen LogP contribution >= 0.6 is 0 Å². The Labute approximate surface area is 113 Å². The lowest BCUT2D eigenvalue weighted by atomic mass is 9.82. The highest BCUT2D eigenvalue weighted by Crippen LogP contribution is 2.29. The Morgan fingerprint density at radius 3 is 2.53 bits per heavy atom. The lowest BCUT2D eigenvalue weighted by Crippen LogP contribution is -2.53. The van der Waals surface area contributed by atoms with E-state index in [9.17, 15) is 9.59 Å². The first-order valence-electron chi connectivity index (χ1n) is 6.69. The fourth-order valence-corrected chi connectivity index (χ4v) is 2.54. The highest BCUT2D eigenvalue weighted by molar-refractivity contribution is 5.83. The van der Waals surface area contributed by atoms with Crippen LogP contribution in [0.1, 0.15) is 37.7 Å². The maximum absolute atomic E-state index is 12.2. The molecule has 1 aliphatic rings. The first-order chi connectivity index (χ1) is 9.27. The summed E-state index contributed by atoms with van der Waals surface area (Å²) in [6.45, 7) is 0.252. The largest absolute Gasteiger partial charge is 0.459 e. The lowest BCUT2D eigenvalue weighted by Gasteiger charge is -2.34. The van der Waals surface area contributed by atoms with Crippen molar-refractivity contribution in [3.05, 3.63) is 35.9 Å². The van der Waals surface area contributed by atoms with Crippen LogP contribution < -0.4 is 5.32 Å². The van der Waals surface area contributed by atoms with E-state index in [0.29, 0.717) is 19.3 Å². The number of hydrogen-bond acceptors (Lipinski definition) is 3. The number of carbonyl (C=O) groups is 2. The third-order valence-corrected chi connectivity index (χ3v) is 3.65. The summed E-state index contributed by atoms with van der Waals surface area (Å²) in [5.41, 5.74) is 0.141. The van der Waals surface area contributed by atoms with E-state index >= 15 is 0 Å². The number of esters is 1. The Kier molecular flexibility index (Phi) is 4.55. The Morgan fingerprint density at radius 1 is 1.21 bits per heavy atom. The second kappa shape index (κ2) is 6.36. The van der Waals surface area contributed by atoms with Crippen LogP contribution in [0.4, 0.5) is 0 Å². The van der Waals surface area contributed by atoms with Crippen molar-refractivity contribution in [3.63, 3.8) is 0 Å². The van der Waals surface area contributed by atoms with Gasteiger partial charge in [0.05, 0.1) is 0 Å². The molecule has 0 saturated heterocycles. The molecule has 102 valence electrons. The fraction of sp³-hybridized carbons (Fsp3) is 0.467. The third-order valence-electron chi connectivity index (χ3n) is 3.65. The van der Waals surface area contributed by atoms with Gasteiger partial charge in [0, 0.05) is 0 Å². The van der Waals surface area contributed by atoms with Crippen LogP contribution in [0.5, 0.6) is 0 Å². The molecule has 0 aliphatic heterocycles. The molecule has 2 rings (SSSR count). The Hall–Kier alpha value is -1.84. The van der Waals surface area contributed by atoms with Crippen LogP contribution in [0.25, 0.3) is 0 Å². The molecule has 1 N–H and O–H groups in total. The normalized spacial score (nSPS) is 17.5. The van der Waals surface area contributed by atoms with Crippen LogP contribution in [0.15, 0.2) is 30.3 Å². The molecule has 1 aromatic rings. The van der Waals surface area contributed by atoms with Crippen LogP contribution in [0.2, 0.25) is 0 Å². The standard InChI is InChI=1S/C15H19NO3/c17-12-16-15(9-5-2-6-10-15)14(18)19-11-13-7-3-1-4-8-13/h1,3-4,7-8,12H,2,5-6,9-11H2,(H,16,17). The molecule has 0 aromatic heterocycles. The molecule has 0 radical (unpaired) electrons. The predicted molar refractivity (Wildman–Crippen MR) is 71.3 cm³/mol. The second-order valence-corrected chi connectivity index (χ2v) is 4.97. The summed E-state index contributed by atoms with van der Waals surface area (Å²) in [5, 5.41) is 2.68. The SMILES string of the molecule is O=CNC1(C(=O)OCc2ccccc2)CCCCC1. The molecule has 0 heterocycles. The Morgan fingerprint density at radius 2 is 1.89 bits per heavy atom. The third kappa shape index (κ3) is 3.34. The number of nitrogens with one attached hydrogen (secondary N) is 1. The van der Waals surface area contributed by atoms with E-state index in [0.717, 1.165) is 24.8 Å². The van der Waals surface area contributed by atoms with Gasteiger partial charge in [-0.3, -0.25) is 4.79 Å². The summed E-state index contributed by atoms with van der Waals surface area (Å²) in [4.78, 5) is 23.0. The molecule has 1 saturated carbocycles. The van der Waals surface area contributed by atoms with E-state index in [4.69, 9.17) is 4.74 Å². The minimum Gasteiger partial charge on any atom is -0.459 e. The van der Waals surface area contributed by atoms with Crippen LogP contribution in [-0.4, -0.2) is 17.9 Å². The van der Waals surface area contributed by atoms with E-state index in [1.807, 2.05) is 30.3 Å². The van der Waals surface area contributed by atoms with Crippen molar-refractivity contribution in [2.45, 2.75) is 44.2 Å². The number of carbonyl (C=O) groups excluding carboxylic acids is 2. The number of hydrogen-bond donors (Lipinski definition) is 1. The molecule has 0 atom stereocenters.